The van der Waals surface area contributed by atoms with Crippen molar-refractivity contribution in [2.24, 2.45) is 0 Å². The lowest BCUT2D eigenvalue weighted by Crippen LogP contribution is -2.47. The van der Waals surface area contributed by atoms with Crippen molar-refractivity contribution in [2.75, 3.05) is 36.3 Å². The lowest BCUT2D eigenvalue weighted by molar-refractivity contribution is 0.0593. The highest BCUT2D eigenvalue weighted by Crippen LogP contribution is 2.24. The molecular formula is C11H15N3O4S2. The Kier molecular flexibility index (Phi) is 4.48. The normalized spacial score (nSPS) is 19.7. The Balaban J connectivity index is 2.27. The van der Waals surface area contributed by atoms with Crippen molar-refractivity contribution in [3.63, 3.8) is 0 Å². The summed E-state index contributed by atoms with van der Waals surface area (Å²) in [6.45, 7) is 0.578. The molecule has 1 fully saturated rings. The van der Waals surface area contributed by atoms with E-state index in [1.807, 2.05) is 0 Å². The number of carbonyl (C=O) groups excluding carboxylic acids is 1. The minimum absolute atomic E-state index is 0.0959. The number of sulfone groups is 1. The van der Waals surface area contributed by atoms with Crippen molar-refractivity contribution < 1.29 is 17.9 Å². The molecule has 1 aliphatic heterocycles. The topological polar surface area (TPSA) is 89.5 Å². The fraction of sp³-hybridized carbons (Fsp3) is 0.545. The predicted molar refractivity (Wildman–Crippen MR) is 76.7 cm³/mol. The molecule has 20 heavy (non-hydrogen) atoms. The number of ether oxygens (including phenoxy) is 1. The van der Waals surface area contributed by atoms with Crippen LogP contribution in [0.2, 0.25) is 0 Å². The van der Waals surface area contributed by atoms with Crippen molar-refractivity contribution in [3.8, 4) is 0 Å². The summed E-state index contributed by atoms with van der Waals surface area (Å²) in [5.74, 6) is 1.21. The number of nitrogens with zero attached hydrogens (tertiary/aromatic N) is 3. The third kappa shape index (κ3) is 3.21. The molecule has 110 valence electrons. The van der Waals surface area contributed by atoms with E-state index in [1.54, 1.807) is 16.7 Å². The molecule has 1 aromatic heterocycles. The maximum absolute atomic E-state index is 11.8. The minimum atomic E-state index is -3.21. The van der Waals surface area contributed by atoms with Crippen LogP contribution in [-0.2, 0) is 14.6 Å². The highest BCUT2D eigenvalue weighted by Gasteiger charge is 2.32. The lowest BCUT2D eigenvalue weighted by atomic mass is 10.4. The van der Waals surface area contributed by atoms with Crippen LogP contribution in [-0.4, -0.2) is 61.1 Å². The van der Waals surface area contributed by atoms with Gasteiger partial charge in [0, 0.05) is 24.3 Å². The van der Waals surface area contributed by atoms with Crippen LogP contribution in [0.15, 0.2) is 12.4 Å². The number of hydrogen-bond donors (Lipinski definition) is 0. The second-order valence-corrected chi connectivity index (χ2v) is 7.66. The standard InChI is InChI=1S/C11H15N3O4S2/c1-18-11(15)8-5-13-9(6-12-8)14-3-4-19-7-10(14)20(2,16)17/h5-6,10H,3-4,7H2,1-2H3. The quantitative estimate of drug-likeness (QED) is 0.730. The molecule has 0 aliphatic carbocycles. The Morgan fingerprint density at radius 2 is 2.20 bits per heavy atom. The SMILES string of the molecule is COC(=O)c1cnc(N2CCSCC2S(C)(=O)=O)cn1. The van der Waals surface area contributed by atoms with Crippen molar-refractivity contribution in [1.82, 2.24) is 9.97 Å². The summed E-state index contributed by atoms with van der Waals surface area (Å²) in [6.07, 6.45) is 3.91. The maximum atomic E-state index is 11.8. The molecule has 1 unspecified atom stereocenters. The van der Waals surface area contributed by atoms with Gasteiger partial charge >= 0.3 is 5.97 Å². The second-order valence-electron chi connectivity index (χ2n) is 4.30. The number of thioether (sulfide) groups is 1. The zero-order valence-electron chi connectivity index (χ0n) is 11.1. The third-order valence-corrected chi connectivity index (χ3v) is 5.55. The van der Waals surface area contributed by atoms with E-state index >= 15 is 0 Å². The zero-order chi connectivity index (χ0) is 14.8. The first kappa shape index (κ1) is 15.0. The number of carbonyl (C=O) groups is 1. The Morgan fingerprint density at radius 3 is 2.75 bits per heavy atom. The highest BCUT2D eigenvalue weighted by molar-refractivity contribution is 8.01. The molecule has 1 saturated heterocycles. The summed E-state index contributed by atoms with van der Waals surface area (Å²) in [7, 11) is -1.95. The first-order chi connectivity index (χ1) is 9.43. The van der Waals surface area contributed by atoms with Gasteiger partial charge in [0.2, 0.25) is 0 Å². The number of hydrogen-bond acceptors (Lipinski definition) is 8. The second kappa shape index (κ2) is 5.96. The van der Waals surface area contributed by atoms with Gasteiger partial charge in [-0.3, -0.25) is 0 Å². The van der Waals surface area contributed by atoms with Crippen molar-refractivity contribution >= 4 is 33.4 Å². The Labute approximate surface area is 121 Å². The van der Waals surface area contributed by atoms with Crippen LogP contribution in [0.25, 0.3) is 0 Å². The molecule has 0 bridgehead atoms. The average molecular weight is 317 g/mol. The lowest BCUT2D eigenvalue weighted by Gasteiger charge is -2.34. The van der Waals surface area contributed by atoms with Gasteiger partial charge in [-0.1, -0.05) is 0 Å². The summed E-state index contributed by atoms with van der Waals surface area (Å²) in [4.78, 5) is 21.1. The highest BCUT2D eigenvalue weighted by atomic mass is 32.2. The van der Waals surface area contributed by atoms with Gasteiger partial charge in [0.15, 0.2) is 15.5 Å². The van der Waals surface area contributed by atoms with E-state index in [9.17, 15) is 13.2 Å². The molecule has 1 aromatic rings. The summed E-state index contributed by atoms with van der Waals surface area (Å²) < 4.78 is 28.2. The monoisotopic (exact) mass is 317 g/mol. The molecular weight excluding hydrogens is 302 g/mol. The van der Waals surface area contributed by atoms with E-state index < -0.39 is 21.2 Å². The van der Waals surface area contributed by atoms with E-state index in [-0.39, 0.29) is 5.69 Å². The van der Waals surface area contributed by atoms with Gasteiger partial charge in [0.1, 0.15) is 11.2 Å². The van der Waals surface area contributed by atoms with Crippen LogP contribution in [0.3, 0.4) is 0 Å². The Bertz CT molecular complexity index is 588. The van der Waals surface area contributed by atoms with Gasteiger partial charge in [-0.2, -0.15) is 11.8 Å². The summed E-state index contributed by atoms with van der Waals surface area (Å²) in [5, 5.41) is -0.612. The molecule has 7 nitrogen and oxygen atoms in total. The van der Waals surface area contributed by atoms with Crippen molar-refractivity contribution in [3.05, 3.63) is 18.1 Å². The van der Waals surface area contributed by atoms with Gasteiger partial charge < -0.3 is 9.64 Å². The van der Waals surface area contributed by atoms with Gasteiger partial charge in [-0.15, -0.1) is 0 Å². The molecule has 0 saturated carbocycles. The Hall–Kier alpha value is -1.35. The number of anilines is 1. The molecule has 0 aromatic carbocycles. The number of esters is 1. The molecule has 0 N–H and O–H groups in total. The van der Waals surface area contributed by atoms with E-state index in [0.29, 0.717) is 18.1 Å². The van der Waals surface area contributed by atoms with Gasteiger partial charge in [0.05, 0.1) is 19.5 Å². The van der Waals surface area contributed by atoms with Gasteiger partial charge in [-0.25, -0.2) is 23.2 Å². The van der Waals surface area contributed by atoms with E-state index in [0.717, 1.165) is 5.75 Å². The molecule has 2 heterocycles. The summed E-state index contributed by atoms with van der Waals surface area (Å²) in [6, 6.07) is 0. The predicted octanol–water partition coefficient (Wildman–Crippen LogP) is 0.187. The van der Waals surface area contributed by atoms with E-state index in [1.165, 1.54) is 25.8 Å². The number of methoxy groups -OCH3 is 1. The first-order valence-electron chi connectivity index (χ1n) is 5.87. The third-order valence-electron chi connectivity index (χ3n) is 2.91. The average Bonchev–Trinajstić information content (AvgIpc) is 2.46. The maximum Gasteiger partial charge on any atom is 0.358 e. The van der Waals surface area contributed by atoms with Crippen LogP contribution in [0.5, 0.6) is 0 Å². The van der Waals surface area contributed by atoms with Crippen LogP contribution >= 0.6 is 11.8 Å². The molecule has 0 radical (unpaired) electrons. The largest absolute Gasteiger partial charge is 0.464 e. The molecule has 1 atom stereocenters. The number of rotatable bonds is 3. The molecule has 0 spiro atoms. The fourth-order valence-electron chi connectivity index (χ4n) is 1.88. The van der Waals surface area contributed by atoms with Crippen LogP contribution < -0.4 is 4.90 Å². The smallest absolute Gasteiger partial charge is 0.358 e. The zero-order valence-corrected chi connectivity index (χ0v) is 12.8. The molecule has 0 amide bonds. The van der Waals surface area contributed by atoms with Crippen LogP contribution in [0.4, 0.5) is 5.82 Å². The van der Waals surface area contributed by atoms with Crippen LogP contribution in [0.1, 0.15) is 10.5 Å². The number of aromatic nitrogens is 2. The first-order valence-corrected chi connectivity index (χ1v) is 8.98. The van der Waals surface area contributed by atoms with Crippen molar-refractivity contribution in [2.45, 2.75) is 5.37 Å². The minimum Gasteiger partial charge on any atom is -0.464 e. The van der Waals surface area contributed by atoms with E-state index in [2.05, 4.69) is 14.7 Å². The summed E-state index contributed by atoms with van der Waals surface area (Å²) in [5.41, 5.74) is 0.0959. The van der Waals surface area contributed by atoms with E-state index in [4.69, 9.17) is 0 Å². The molecule has 9 heteroatoms. The molecule has 2 rings (SSSR count). The van der Waals surface area contributed by atoms with Crippen molar-refractivity contribution in [1.29, 1.82) is 0 Å². The van der Waals surface area contributed by atoms with Gasteiger partial charge in [0.25, 0.3) is 0 Å². The van der Waals surface area contributed by atoms with Gasteiger partial charge in [-0.05, 0) is 0 Å². The molecule has 1 aliphatic rings. The fourth-order valence-corrected chi connectivity index (χ4v) is 4.70. The van der Waals surface area contributed by atoms with Crippen LogP contribution in [0, 0.1) is 0 Å². The Morgan fingerprint density at radius 1 is 1.45 bits per heavy atom. The summed E-state index contributed by atoms with van der Waals surface area (Å²) >= 11 is 1.60.